The Balaban J connectivity index is 1.72. The molecule has 2 aromatic rings. The van der Waals surface area contributed by atoms with Gasteiger partial charge in [-0.25, -0.2) is 9.78 Å². The van der Waals surface area contributed by atoms with E-state index in [0.717, 1.165) is 36.6 Å². The number of halogens is 1. The van der Waals surface area contributed by atoms with Crippen LogP contribution in [-0.4, -0.2) is 63.3 Å². The lowest BCUT2D eigenvalue weighted by molar-refractivity contribution is 0.0571. The highest BCUT2D eigenvalue weighted by molar-refractivity contribution is 9.10. The first-order chi connectivity index (χ1) is 15.2. The van der Waals surface area contributed by atoms with Crippen LogP contribution < -0.4 is 10.2 Å². The van der Waals surface area contributed by atoms with Crippen molar-refractivity contribution in [3.05, 3.63) is 16.7 Å². The molecule has 2 fully saturated rings. The average molecular weight is 510 g/mol. The maximum atomic E-state index is 13.3. The molecule has 3 atom stereocenters. The van der Waals surface area contributed by atoms with Gasteiger partial charge in [-0.15, -0.1) is 0 Å². The van der Waals surface area contributed by atoms with Gasteiger partial charge >= 0.3 is 6.09 Å². The monoisotopic (exact) mass is 509 g/mol. The smallest absolute Gasteiger partial charge is 0.416 e. The van der Waals surface area contributed by atoms with Gasteiger partial charge in [0.15, 0.2) is 5.65 Å². The normalized spacial score (nSPS) is 24.0. The van der Waals surface area contributed by atoms with Crippen molar-refractivity contribution in [2.24, 2.45) is 5.92 Å². The minimum atomic E-state index is -0.633. The van der Waals surface area contributed by atoms with Crippen molar-refractivity contribution < 1.29 is 19.4 Å². The van der Waals surface area contributed by atoms with Gasteiger partial charge in [0.05, 0.1) is 29.4 Å². The van der Waals surface area contributed by atoms with Gasteiger partial charge in [0, 0.05) is 25.1 Å². The lowest BCUT2D eigenvalue weighted by Crippen LogP contribution is -2.41. The molecular formula is C22H32BrN5O4. The number of aromatic nitrogens is 3. The molecule has 3 heterocycles. The second-order valence-electron chi connectivity index (χ2n) is 9.65. The minimum Gasteiger partial charge on any atom is -0.443 e. The van der Waals surface area contributed by atoms with Crippen LogP contribution in [0.25, 0.3) is 5.65 Å². The molecule has 10 heteroatoms. The van der Waals surface area contributed by atoms with E-state index in [1.54, 1.807) is 15.6 Å². The van der Waals surface area contributed by atoms with Crippen molar-refractivity contribution in [3.63, 3.8) is 0 Å². The molecule has 4 rings (SSSR count). The molecule has 32 heavy (non-hydrogen) atoms. The Morgan fingerprint density at radius 1 is 1.38 bits per heavy atom. The molecule has 1 aliphatic carbocycles. The topological polar surface area (TPSA) is 101 Å². The number of carbonyl (C=O) groups excluding carboxylic acids is 1. The predicted octanol–water partition coefficient (Wildman–Crippen LogP) is 3.99. The number of carbonyl (C=O) groups is 1. The number of rotatable bonds is 5. The van der Waals surface area contributed by atoms with E-state index < -0.39 is 17.8 Å². The van der Waals surface area contributed by atoms with E-state index in [-0.39, 0.29) is 12.0 Å². The second kappa shape index (κ2) is 9.52. The quantitative estimate of drug-likeness (QED) is 0.628. The lowest BCUT2D eigenvalue weighted by atomic mass is 9.92. The maximum Gasteiger partial charge on any atom is 0.416 e. The van der Waals surface area contributed by atoms with Crippen LogP contribution in [0.1, 0.15) is 52.9 Å². The summed E-state index contributed by atoms with van der Waals surface area (Å²) < 4.78 is 13.6. The predicted molar refractivity (Wildman–Crippen MR) is 125 cm³/mol. The van der Waals surface area contributed by atoms with Crippen molar-refractivity contribution in [2.45, 2.75) is 70.6 Å². The molecular weight excluding hydrogens is 478 g/mol. The molecule has 0 spiro atoms. The number of amides is 1. The fourth-order valence-electron chi connectivity index (χ4n) is 4.22. The first-order valence-electron chi connectivity index (χ1n) is 11.3. The molecule has 2 aliphatic rings. The molecule has 0 aromatic carbocycles. The highest BCUT2D eigenvalue weighted by Crippen LogP contribution is 2.30. The van der Waals surface area contributed by atoms with Crippen LogP contribution in [0.2, 0.25) is 0 Å². The van der Waals surface area contributed by atoms with Crippen LogP contribution in [0, 0.1) is 5.92 Å². The number of hydrogen-bond donors (Lipinski definition) is 2. The minimum absolute atomic E-state index is 0.0774. The van der Waals surface area contributed by atoms with E-state index in [1.807, 2.05) is 26.8 Å². The summed E-state index contributed by atoms with van der Waals surface area (Å²) in [6.07, 6.45) is 5.43. The van der Waals surface area contributed by atoms with E-state index in [9.17, 15) is 9.90 Å². The fraction of sp³-hybridized carbons (Fsp3) is 0.682. The molecule has 1 aliphatic heterocycles. The largest absolute Gasteiger partial charge is 0.443 e. The number of aliphatic hydroxyl groups is 1. The first-order valence-corrected chi connectivity index (χ1v) is 12.1. The fourth-order valence-corrected chi connectivity index (χ4v) is 4.57. The zero-order valence-electron chi connectivity index (χ0n) is 18.9. The number of aliphatic hydroxyl groups excluding tert-OH is 1. The van der Waals surface area contributed by atoms with Crippen molar-refractivity contribution in [3.8, 4) is 0 Å². The molecule has 1 saturated heterocycles. The molecule has 9 nitrogen and oxygen atoms in total. The van der Waals surface area contributed by atoms with Gasteiger partial charge < -0.3 is 19.9 Å². The molecule has 1 saturated carbocycles. The van der Waals surface area contributed by atoms with Gasteiger partial charge in [-0.3, -0.25) is 4.90 Å². The van der Waals surface area contributed by atoms with E-state index in [2.05, 4.69) is 26.3 Å². The summed E-state index contributed by atoms with van der Waals surface area (Å²) in [5.74, 6) is 1.37. The van der Waals surface area contributed by atoms with E-state index >= 15 is 0 Å². The Bertz CT molecular complexity index is 954. The number of anilines is 2. The van der Waals surface area contributed by atoms with Gasteiger partial charge in [0.1, 0.15) is 17.2 Å². The van der Waals surface area contributed by atoms with E-state index in [0.29, 0.717) is 37.0 Å². The Morgan fingerprint density at radius 2 is 2.16 bits per heavy atom. The number of ether oxygens (including phenoxy) is 2. The van der Waals surface area contributed by atoms with Crippen molar-refractivity contribution in [1.29, 1.82) is 0 Å². The summed E-state index contributed by atoms with van der Waals surface area (Å²) in [7, 11) is 0. The summed E-state index contributed by atoms with van der Waals surface area (Å²) >= 11 is 3.52. The molecule has 0 unspecified atom stereocenters. The third-order valence-electron chi connectivity index (χ3n) is 5.83. The second-order valence-corrected chi connectivity index (χ2v) is 10.5. The number of nitrogens with zero attached hydrogens (tertiary/aromatic N) is 4. The maximum absolute atomic E-state index is 13.3. The Morgan fingerprint density at radius 3 is 2.84 bits per heavy atom. The van der Waals surface area contributed by atoms with Crippen molar-refractivity contribution >= 4 is 39.3 Å². The standard InChI is InChI=1S/C22H32BrN5O4/c1-22(2,3)32-21(30)27(12-14-8-9-31-13-14)19-10-18(25-16-6-4-5-7-17(16)29)26-20-15(23)11-24-28(19)20/h10-11,14,16-17,29H,4-9,12-13H2,1-3H3,(H,25,26)/t14-,16-,17+/m0/s1. The Labute approximate surface area is 196 Å². The van der Waals surface area contributed by atoms with E-state index in [1.165, 1.54) is 0 Å². The van der Waals surface area contributed by atoms with Crippen LogP contribution >= 0.6 is 15.9 Å². The zero-order valence-corrected chi connectivity index (χ0v) is 20.5. The van der Waals surface area contributed by atoms with Crippen molar-refractivity contribution in [2.75, 3.05) is 30.0 Å². The Kier molecular flexibility index (Phi) is 6.92. The lowest BCUT2D eigenvalue weighted by Gasteiger charge is -2.31. The Hall–Kier alpha value is -1.91. The molecule has 1 amide bonds. The van der Waals surface area contributed by atoms with Gasteiger partial charge in [-0.1, -0.05) is 12.8 Å². The van der Waals surface area contributed by atoms with Crippen LogP contribution in [0.3, 0.4) is 0 Å². The molecule has 2 aromatic heterocycles. The summed E-state index contributed by atoms with van der Waals surface area (Å²) in [6.45, 7) is 7.31. The van der Waals surface area contributed by atoms with Crippen LogP contribution in [-0.2, 0) is 9.47 Å². The van der Waals surface area contributed by atoms with Crippen LogP contribution in [0.5, 0.6) is 0 Å². The first kappa shape index (κ1) is 23.3. The highest BCUT2D eigenvalue weighted by Gasteiger charge is 2.31. The summed E-state index contributed by atoms with van der Waals surface area (Å²) in [6, 6.07) is 1.74. The molecule has 0 bridgehead atoms. The summed E-state index contributed by atoms with van der Waals surface area (Å²) in [4.78, 5) is 19.6. The van der Waals surface area contributed by atoms with Crippen LogP contribution in [0.15, 0.2) is 16.7 Å². The third-order valence-corrected chi connectivity index (χ3v) is 6.39. The highest BCUT2D eigenvalue weighted by atomic mass is 79.9. The van der Waals surface area contributed by atoms with Gasteiger partial charge in [-0.05, 0) is 56.0 Å². The summed E-state index contributed by atoms with van der Waals surface area (Å²) in [5, 5.41) is 18.3. The van der Waals surface area contributed by atoms with Crippen LogP contribution in [0.4, 0.5) is 16.4 Å². The zero-order chi connectivity index (χ0) is 22.9. The third kappa shape index (κ3) is 5.35. The van der Waals surface area contributed by atoms with E-state index in [4.69, 9.17) is 14.5 Å². The van der Waals surface area contributed by atoms with Crippen molar-refractivity contribution in [1.82, 2.24) is 14.6 Å². The van der Waals surface area contributed by atoms with Gasteiger partial charge in [0.25, 0.3) is 0 Å². The average Bonchev–Trinajstić information content (AvgIpc) is 3.36. The molecule has 176 valence electrons. The number of fused-ring (bicyclic) bond motifs is 1. The van der Waals surface area contributed by atoms with Gasteiger partial charge in [0.2, 0.25) is 0 Å². The molecule has 0 radical (unpaired) electrons. The molecule has 2 N–H and O–H groups in total. The SMILES string of the molecule is CC(C)(C)OC(=O)N(C[C@@H]1CCOC1)c1cc(N[C@H]2CCCC[C@H]2O)nc2c(Br)cnn12. The number of nitrogens with one attached hydrogen (secondary N) is 1. The van der Waals surface area contributed by atoms with Gasteiger partial charge in [-0.2, -0.15) is 9.61 Å². The summed E-state index contributed by atoms with van der Waals surface area (Å²) in [5.41, 5.74) is -0.0439. The number of hydrogen-bond acceptors (Lipinski definition) is 7.